The van der Waals surface area contributed by atoms with Gasteiger partial charge in [-0.1, -0.05) is 6.07 Å². The van der Waals surface area contributed by atoms with Gasteiger partial charge in [-0.15, -0.1) is 0 Å². The first-order valence-corrected chi connectivity index (χ1v) is 6.34. The fourth-order valence-corrected chi connectivity index (χ4v) is 1.66. The van der Waals surface area contributed by atoms with Crippen molar-refractivity contribution in [3.05, 3.63) is 33.9 Å². The Bertz CT molecular complexity index is 584. The van der Waals surface area contributed by atoms with Gasteiger partial charge in [-0.05, 0) is 26.8 Å². The van der Waals surface area contributed by atoms with E-state index in [0.29, 0.717) is 6.54 Å². The van der Waals surface area contributed by atoms with Gasteiger partial charge < -0.3 is 16.4 Å². The van der Waals surface area contributed by atoms with E-state index in [1.165, 1.54) is 32.0 Å². The minimum absolute atomic E-state index is 0.0837. The van der Waals surface area contributed by atoms with Gasteiger partial charge >= 0.3 is 0 Å². The average molecular weight is 294 g/mol. The van der Waals surface area contributed by atoms with Crippen LogP contribution in [-0.4, -0.2) is 28.8 Å². The van der Waals surface area contributed by atoms with Gasteiger partial charge in [-0.25, -0.2) is 0 Å². The highest BCUT2D eigenvalue weighted by molar-refractivity contribution is 6.04. The van der Waals surface area contributed by atoms with Crippen LogP contribution in [0.2, 0.25) is 0 Å². The molecule has 0 aromatic heterocycles. The first kappa shape index (κ1) is 16.4. The summed E-state index contributed by atoms with van der Waals surface area (Å²) < 4.78 is 0. The predicted molar refractivity (Wildman–Crippen MR) is 78.0 cm³/mol. The predicted octanol–water partition coefficient (Wildman–Crippen LogP) is 1.02. The number of rotatable bonds is 6. The molecule has 114 valence electrons. The largest absolute Gasteiger partial charge is 0.379 e. The monoisotopic (exact) mass is 294 g/mol. The van der Waals surface area contributed by atoms with E-state index in [-0.39, 0.29) is 16.9 Å². The zero-order valence-electron chi connectivity index (χ0n) is 12.1. The molecule has 4 N–H and O–H groups in total. The van der Waals surface area contributed by atoms with Gasteiger partial charge in [-0.2, -0.15) is 0 Å². The van der Waals surface area contributed by atoms with Crippen molar-refractivity contribution >= 4 is 23.2 Å². The summed E-state index contributed by atoms with van der Waals surface area (Å²) in [5.41, 5.74) is 3.93. The van der Waals surface area contributed by atoms with Gasteiger partial charge in [0.2, 0.25) is 5.91 Å². The molecule has 0 aliphatic heterocycles. The van der Waals surface area contributed by atoms with Crippen molar-refractivity contribution < 1.29 is 14.5 Å². The Kier molecular flexibility index (Phi) is 4.85. The van der Waals surface area contributed by atoms with Crippen molar-refractivity contribution in [3.8, 4) is 0 Å². The Balaban J connectivity index is 3.23. The SMILES string of the molecule is CCNc1c(C(=O)NC(C)(C)C(N)=O)cccc1[N+](=O)[O-]. The maximum atomic E-state index is 12.3. The highest BCUT2D eigenvalue weighted by Crippen LogP contribution is 2.28. The summed E-state index contributed by atoms with van der Waals surface area (Å²) in [6, 6.07) is 4.15. The summed E-state index contributed by atoms with van der Waals surface area (Å²) in [5, 5.41) is 16.3. The number of anilines is 1. The maximum absolute atomic E-state index is 12.3. The molecular weight excluding hydrogens is 276 g/mol. The van der Waals surface area contributed by atoms with Crippen LogP contribution in [-0.2, 0) is 4.79 Å². The van der Waals surface area contributed by atoms with Crippen molar-refractivity contribution in [1.82, 2.24) is 5.32 Å². The van der Waals surface area contributed by atoms with Gasteiger partial charge in [0.05, 0.1) is 10.5 Å². The van der Waals surface area contributed by atoms with Crippen LogP contribution >= 0.6 is 0 Å². The molecule has 0 aliphatic rings. The molecule has 0 saturated carbocycles. The summed E-state index contributed by atoms with van der Waals surface area (Å²) in [7, 11) is 0. The van der Waals surface area contributed by atoms with E-state index >= 15 is 0 Å². The number of nitrogens with one attached hydrogen (secondary N) is 2. The van der Waals surface area contributed by atoms with Crippen LogP contribution in [0.25, 0.3) is 0 Å². The van der Waals surface area contributed by atoms with E-state index in [9.17, 15) is 19.7 Å². The molecule has 0 heterocycles. The van der Waals surface area contributed by atoms with E-state index in [4.69, 9.17) is 5.73 Å². The molecule has 2 amide bonds. The average Bonchev–Trinajstić information content (AvgIpc) is 2.38. The number of nitrogens with two attached hydrogens (primary N) is 1. The molecule has 21 heavy (non-hydrogen) atoms. The minimum atomic E-state index is -1.26. The fraction of sp³-hybridized carbons (Fsp3) is 0.385. The third-order valence-corrected chi connectivity index (χ3v) is 2.88. The number of nitro groups is 1. The number of hydrogen-bond donors (Lipinski definition) is 3. The molecular formula is C13H18N4O4. The highest BCUT2D eigenvalue weighted by Gasteiger charge is 2.29. The number of nitro benzene ring substituents is 1. The standard InChI is InChI=1S/C13H18N4O4/c1-4-15-10-8(6-5-7-9(10)17(20)21)11(18)16-13(2,3)12(14)19/h5-7,15H,4H2,1-3H3,(H2,14,19)(H,16,18). The van der Waals surface area contributed by atoms with Crippen LogP contribution in [0.3, 0.4) is 0 Å². The van der Waals surface area contributed by atoms with Crippen LogP contribution in [0, 0.1) is 10.1 Å². The number of para-hydroxylation sites is 1. The molecule has 1 aromatic carbocycles. The summed E-state index contributed by atoms with van der Waals surface area (Å²) in [6.07, 6.45) is 0. The van der Waals surface area contributed by atoms with Gasteiger partial charge in [0.15, 0.2) is 0 Å². The Morgan fingerprint density at radius 3 is 2.48 bits per heavy atom. The Labute approximate surface area is 121 Å². The number of amides is 2. The third kappa shape index (κ3) is 3.68. The van der Waals surface area contributed by atoms with Gasteiger partial charge in [0, 0.05) is 12.6 Å². The molecule has 1 aromatic rings. The number of nitrogens with zero attached hydrogens (tertiary/aromatic N) is 1. The van der Waals surface area contributed by atoms with Gasteiger partial charge in [-0.3, -0.25) is 19.7 Å². The van der Waals surface area contributed by atoms with Gasteiger partial charge in [0.1, 0.15) is 11.2 Å². The van der Waals surface area contributed by atoms with E-state index in [2.05, 4.69) is 10.6 Å². The van der Waals surface area contributed by atoms with Crippen molar-refractivity contribution in [2.75, 3.05) is 11.9 Å². The van der Waals surface area contributed by atoms with Crippen LogP contribution < -0.4 is 16.4 Å². The second kappa shape index (κ2) is 6.21. The zero-order chi connectivity index (χ0) is 16.2. The lowest BCUT2D eigenvalue weighted by Crippen LogP contribution is -2.53. The molecule has 0 spiro atoms. The first-order valence-electron chi connectivity index (χ1n) is 6.34. The van der Waals surface area contributed by atoms with E-state index in [1.807, 2.05) is 0 Å². The Hall–Kier alpha value is -2.64. The molecule has 0 aliphatic carbocycles. The number of carbonyl (C=O) groups excluding carboxylic acids is 2. The second-order valence-corrected chi connectivity index (χ2v) is 4.93. The van der Waals surface area contributed by atoms with Crippen LogP contribution in [0.15, 0.2) is 18.2 Å². The Morgan fingerprint density at radius 1 is 1.38 bits per heavy atom. The van der Waals surface area contributed by atoms with Crippen molar-refractivity contribution in [2.24, 2.45) is 5.73 Å². The molecule has 0 fully saturated rings. The van der Waals surface area contributed by atoms with Crippen molar-refractivity contribution in [2.45, 2.75) is 26.3 Å². The quantitative estimate of drug-likeness (QED) is 0.533. The molecule has 1 rings (SSSR count). The minimum Gasteiger partial charge on any atom is -0.379 e. The third-order valence-electron chi connectivity index (χ3n) is 2.88. The lowest BCUT2D eigenvalue weighted by molar-refractivity contribution is -0.384. The second-order valence-electron chi connectivity index (χ2n) is 4.93. The summed E-state index contributed by atoms with van der Waals surface area (Å²) in [4.78, 5) is 34.0. The van der Waals surface area contributed by atoms with Crippen LogP contribution in [0.1, 0.15) is 31.1 Å². The zero-order valence-corrected chi connectivity index (χ0v) is 12.1. The van der Waals surface area contributed by atoms with E-state index < -0.39 is 22.3 Å². The summed E-state index contributed by atoms with van der Waals surface area (Å²) in [6.45, 7) is 5.07. The molecule has 0 atom stereocenters. The van der Waals surface area contributed by atoms with Crippen molar-refractivity contribution in [1.29, 1.82) is 0 Å². The fourth-order valence-electron chi connectivity index (χ4n) is 1.66. The van der Waals surface area contributed by atoms with Crippen LogP contribution in [0.4, 0.5) is 11.4 Å². The van der Waals surface area contributed by atoms with Crippen molar-refractivity contribution in [3.63, 3.8) is 0 Å². The summed E-state index contributed by atoms with van der Waals surface area (Å²) in [5.74, 6) is -1.32. The summed E-state index contributed by atoms with van der Waals surface area (Å²) >= 11 is 0. The number of primary amides is 1. The highest BCUT2D eigenvalue weighted by atomic mass is 16.6. The molecule has 0 bridgehead atoms. The lowest BCUT2D eigenvalue weighted by atomic mass is 10.0. The molecule has 8 heteroatoms. The van der Waals surface area contributed by atoms with E-state index in [0.717, 1.165) is 0 Å². The van der Waals surface area contributed by atoms with E-state index in [1.54, 1.807) is 6.92 Å². The Morgan fingerprint density at radius 2 is 2.00 bits per heavy atom. The molecule has 0 unspecified atom stereocenters. The first-order chi connectivity index (χ1) is 9.70. The lowest BCUT2D eigenvalue weighted by Gasteiger charge is -2.23. The van der Waals surface area contributed by atoms with Gasteiger partial charge in [0.25, 0.3) is 11.6 Å². The molecule has 0 radical (unpaired) electrons. The normalized spacial score (nSPS) is 10.8. The molecule has 8 nitrogen and oxygen atoms in total. The smallest absolute Gasteiger partial charge is 0.293 e. The molecule has 0 saturated heterocycles. The number of benzene rings is 1. The topological polar surface area (TPSA) is 127 Å². The maximum Gasteiger partial charge on any atom is 0.293 e. The number of carbonyl (C=O) groups is 2. The van der Waals surface area contributed by atoms with Crippen LogP contribution in [0.5, 0.6) is 0 Å². The number of hydrogen-bond acceptors (Lipinski definition) is 5.